The Balaban J connectivity index is 1.51. The third kappa shape index (κ3) is 3.35. The van der Waals surface area contributed by atoms with Crippen LogP contribution in [0.5, 0.6) is 5.75 Å². The summed E-state index contributed by atoms with van der Waals surface area (Å²) in [5.41, 5.74) is 2.45. The fourth-order valence-corrected chi connectivity index (χ4v) is 3.68. The molecule has 28 heavy (non-hydrogen) atoms. The van der Waals surface area contributed by atoms with Gasteiger partial charge in [0.05, 0.1) is 24.5 Å². The van der Waals surface area contributed by atoms with E-state index in [2.05, 4.69) is 9.97 Å². The van der Waals surface area contributed by atoms with Crippen molar-refractivity contribution in [3.8, 4) is 5.75 Å². The van der Waals surface area contributed by atoms with Crippen molar-refractivity contribution in [3.05, 3.63) is 59.7 Å². The summed E-state index contributed by atoms with van der Waals surface area (Å²) >= 11 is 0. The lowest BCUT2D eigenvalue weighted by molar-refractivity contribution is 0.0637. The molecular formula is C21H20FN3O3. The molecule has 0 bridgehead atoms. The van der Waals surface area contributed by atoms with Crippen molar-refractivity contribution in [2.75, 3.05) is 20.2 Å². The number of hydrogen-bond donors (Lipinski definition) is 1. The number of piperidine rings is 1. The number of H-pyrrole nitrogens is 1. The normalized spacial score (nSPS) is 16.9. The van der Waals surface area contributed by atoms with Gasteiger partial charge in [-0.25, -0.2) is 9.37 Å². The SMILES string of the molecule is COc1ccc(C(=O)[C@@H]2CCCN(C(=O)c3ccc4nc[nH]c4c3)C2)cc1F. The minimum Gasteiger partial charge on any atom is -0.494 e. The number of halogens is 1. The number of carbonyl (C=O) groups excluding carboxylic acids is 2. The minimum absolute atomic E-state index is 0.103. The maximum absolute atomic E-state index is 14.0. The van der Waals surface area contributed by atoms with Crippen molar-refractivity contribution >= 4 is 22.7 Å². The third-order valence-electron chi connectivity index (χ3n) is 5.18. The average molecular weight is 381 g/mol. The smallest absolute Gasteiger partial charge is 0.253 e. The predicted molar refractivity (Wildman–Crippen MR) is 102 cm³/mol. The number of amides is 1. The van der Waals surface area contributed by atoms with E-state index >= 15 is 0 Å². The number of fused-ring (bicyclic) bond motifs is 1. The number of likely N-dealkylation sites (tertiary alicyclic amines) is 1. The summed E-state index contributed by atoms with van der Waals surface area (Å²) in [7, 11) is 1.38. The molecule has 2 aromatic carbocycles. The summed E-state index contributed by atoms with van der Waals surface area (Å²) in [5, 5.41) is 0. The van der Waals surface area contributed by atoms with Gasteiger partial charge in [0.2, 0.25) is 0 Å². The van der Waals surface area contributed by atoms with E-state index in [0.717, 1.165) is 17.5 Å². The Hall–Kier alpha value is -3.22. The van der Waals surface area contributed by atoms with Crippen molar-refractivity contribution in [1.29, 1.82) is 0 Å². The monoisotopic (exact) mass is 381 g/mol. The van der Waals surface area contributed by atoms with E-state index in [-0.39, 0.29) is 23.4 Å². The van der Waals surface area contributed by atoms with Gasteiger partial charge in [-0.2, -0.15) is 0 Å². The lowest BCUT2D eigenvalue weighted by atomic mass is 9.89. The van der Waals surface area contributed by atoms with E-state index in [4.69, 9.17) is 4.74 Å². The molecule has 3 aromatic rings. The Morgan fingerprint density at radius 3 is 2.82 bits per heavy atom. The highest BCUT2D eigenvalue weighted by Gasteiger charge is 2.30. The first-order valence-electron chi connectivity index (χ1n) is 9.17. The van der Waals surface area contributed by atoms with Crippen LogP contribution in [0, 0.1) is 11.7 Å². The summed E-state index contributed by atoms with van der Waals surface area (Å²) in [6.07, 6.45) is 2.99. The fourth-order valence-electron chi connectivity index (χ4n) is 3.68. The molecule has 0 spiro atoms. The van der Waals surface area contributed by atoms with E-state index in [1.54, 1.807) is 35.5 Å². The zero-order chi connectivity index (χ0) is 19.7. The second-order valence-corrected chi connectivity index (χ2v) is 6.94. The molecule has 1 fully saturated rings. The Morgan fingerprint density at radius 1 is 1.21 bits per heavy atom. The van der Waals surface area contributed by atoms with Crippen LogP contribution >= 0.6 is 0 Å². The third-order valence-corrected chi connectivity index (χ3v) is 5.18. The molecule has 1 aromatic heterocycles. The topological polar surface area (TPSA) is 75.3 Å². The van der Waals surface area contributed by atoms with E-state index in [1.807, 2.05) is 0 Å². The Kier molecular flexibility index (Phi) is 4.81. The second-order valence-electron chi connectivity index (χ2n) is 6.94. The van der Waals surface area contributed by atoms with Gasteiger partial charge >= 0.3 is 0 Å². The molecule has 0 saturated carbocycles. The Labute approximate surface area is 161 Å². The Bertz CT molecular complexity index is 1050. The van der Waals surface area contributed by atoms with Crippen LogP contribution in [0.3, 0.4) is 0 Å². The van der Waals surface area contributed by atoms with Gasteiger partial charge in [-0.1, -0.05) is 0 Å². The first-order valence-corrected chi connectivity index (χ1v) is 9.17. The van der Waals surface area contributed by atoms with E-state index in [1.165, 1.54) is 19.2 Å². The molecule has 1 aliphatic rings. The molecule has 1 atom stereocenters. The molecule has 1 saturated heterocycles. The summed E-state index contributed by atoms with van der Waals surface area (Å²) in [5.74, 6) is -1.07. The first-order chi connectivity index (χ1) is 13.6. The molecule has 0 aliphatic carbocycles. The number of aromatic nitrogens is 2. The van der Waals surface area contributed by atoms with Crippen molar-refractivity contribution in [3.63, 3.8) is 0 Å². The van der Waals surface area contributed by atoms with Gasteiger partial charge in [-0.15, -0.1) is 0 Å². The van der Waals surface area contributed by atoms with Gasteiger partial charge in [0.15, 0.2) is 17.3 Å². The predicted octanol–water partition coefficient (Wildman–Crippen LogP) is 3.45. The van der Waals surface area contributed by atoms with Crippen LogP contribution < -0.4 is 4.74 Å². The highest BCUT2D eigenvalue weighted by Crippen LogP contribution is 2.25. The molecule has 2 heterocycles. The lowest BCUT2D eigenvalue weighted by Crippen LogP contribution is -2.42. The molecule has 7 heteroatoms. The quantitative estimate of drug-likeness (QED) is 0.703. The number of Topliss-reactive ketones (excluding diaryl/α,β-unsaturated/α-hetero) is 1. The van der Waals surface area contributed by atoms with Crippen LogP contribution in [-0.4, -0.2) is 46.8 Å². The number of ether oxygens (including phenoxy) is 1. The van der Waals surface area contributed by atoms with Crippen LogP contribution in [0.25, 0.3) is 11.0 Å². The van der Waals surface area contributed by atoms with Gasteiger partial charge in [0.1, 0.15) is 0 Å². The number of carbonyl (C=O) groups is 2. The summed E-state index contributed by atoms with van der Waals surface area (Å²) < 4.78 is 18.9. The van der Waals surface area contributed by atoms with Crippen LogP contribution in [-0.2, 0) is 0 Å². The van der Waals surface area contributed by atoms with Crippen molar-refractivity contribution in [2.45, 2.75) is 12.8 Å². The number of aromatic amines is 1. The van der Waals surface area contributed by atoms with Crippen LogP contribution in [0.2, 0.25) is 0 Å². The highest BCUT2D eigenvalue weighted by molar-refractivity contribution is 6.00. The van der Waals surface area contributed by atoms with E-state index in [0.29, 0.717) is 30.6 Å². The first kappa shape index (κ1) is 18.2. The number of benzene rings is 2. The molecule has 6 nitrogen and oxygen atoms in total. The number of nitrogens with one attached hydrogen (secondary N) is 1. The molecule has 144 valence electrons. The van der Waals surface area contributed by atoms with Gasteiger partial charge in [0.25, 0.3) is 5.91 Å². The van der Waals surface area contributed by atoms with Gasteiger partial charge in [-0.05, 0) is 49.2 Å². The van der Waals surface area contributed by atoms with Crippen molar-refractivity contribution < 1.29 is 18.7 Å². The van der Waals surface area contributed by atoms with Crippen LogP contribution in [0.1, 0.15) is 33.6 Å². The highest BCUT2D eigenvalue weighted by atomic mass is 19.1. The van der Waals surface area contributed by atoms with Crippen LogP contribution in [0.4, 0.5) is 4.39 Å². The zero-order valence-corrected chi connectivity index (χ0v) is 15.4. The van der Waals surface area contributed by atoms with Gasteiger partial charge in [0, 0.05) is 30.1 Å². The molecule has 0 radical (unpaired) electrons. The molecule has 4 rings (SSSR count). The fraction of sp³-hybridized carbons (Fsp3) is 0.286. The van der Waals surface area contributed by atoms with Gasteiger partial charge in [-0.3, -0.25) is 9.59 Å². The van der Waals surface area contributed by atoms with E-state index < -0.39 is 5.82 Å². The average Bonchev–Trinajstić information content (AvgIpc) is 3.20. The number of ketones is 1. The van der Waals surface area contributed by atoms with Gasteiger partial charge < -0.3 is 14.6 Å². The molecule has 1 aliphatic heterocycles. The Morgan fingerprint density at radius 2 is 2.04 bits per heavy atom. The molecule has 0 unspecified atom stereocenters. The maximum Gasteiger partial charge on any atom is 0.253 e. The van der Waals surface area contributed by atoms with Crippen molar-refractivity contribution in [1.82, 2.24) is 14.9 Å². The second kappa shape index (κ2) is 7.42. The summed E-state index contributed by atoms with van der Waals surface area (Å²) in [6.45, 7) is 0.924. The van der Waals surface area contributed by atoms with E-state index in [9.17, 15) is 14.0 Å². The number of methoxy groups -OCH3 is 1. The lowest BCUT2D eigenvalue weighted by Gasteiger charge is -2.32. The standard InChI is InChI=1S/C21H20FN3O3/c1-28-19-7-5-13(9-16(19)22)20(26)15-3-2-8-25(11-15)21(27)14-4-6-17-18(10-14)24-12-23-17/h4-7,9-10,12,15H,2-3,8,11H2,1H3,(H,23,24)/t15-/m1/s1. The van der Waals surface area contributed by atoms with Crippen LogP contribution in [0.15, 0.2) is 42.7 Å². The molecular weight excluding hydrogens is 361 g/mol. The van der Waals surface area contributed by atoms with Crippen molar-refractivity contribution in [2.24, 2.45) is 5.92 Å². The summed E-state index contributed by atoms with van der Waals surface area (Å²) in [6, 6.07) is 9.54. The largest absolute Gasteiger partial charge is 0.494 e. The number of imidazole rings is 1. The maximum atomic E-state index is 14.0. The number of nitrogens with zero attached hydrogens (tertiary/aromatic N) is 2. The molecule has 1 amide bonds. The summed E-state index contributed by atoms with van der Waals surface area (Å²) in [4.78, 5) is 34.6. The molecule has 1 N–H and O–H groups in total. The number of rotatable bonds is 4. The zero-order valence-electron chi connectivity index (χ0n) is 15.4. The minimum atomic E-state index is -0.565. The number of hydrogen-bond acceptors (Lipinski definition) is 4.